The summed E-state index contributed by atoms with van der Waals surface area (Å²) in [4.78, 5) is 26.9. The molecule has 2 heterocycles. The second kappa shape index (κ2) is 6.85. The van der Waals surface area contributed by atoms with E-state index in [1.165, 1.54) is 6.26 Å². The first-order chi connectivity index (χ1) is 11.7. The Balaban J connectivity index is 2.30. The summed E-state index contributed by atoms with van der Waals surface area (Å²) >= 11 is 0. The molecule has 146 valence electrons. The van der Waals surface area contributed by atoms with Gasteiger partial charge < -0.3 is 13.6 Å². The van der Waals surface area contributed by atoms with E-state index in [0.717, 1.165) is 4.90 Å². The van der Waals surface area contributed by atoms with Gasteiger partial charge in [-0.05, 0) is 51.0 Å². The molecule has 0 saturated carbocycles. The van der Waals surface area contributed by atoms with Crippen molar-refractivity contribution in [2.45, 2.75) is 83.8 Å². The number of nitrogens with zero attached hydrogens (tertiary/aromatic N) is 1. The number of rotatable bonds is 3. The van der Waals surface area contributed by atoms with Gasteiger partial charge in [-0.25, -0.2) is 9.69 Å². The fourth-order valence-corrected chi connectivity index (χ4v) is 3.86. The Kier molecular flexibility index (Phi) is 5.45. The Labute approximate surface area is 157 Å². The number of hydrogen-bond acceptors (Lipinski definition) is 5. The Morgan fingerprint density at radius 3 is 2.31 bits per heavy atom. The van der Waals surface area contributed by atoms with E-state index in [1.807, 2.05) is 0 Å². The average Bonchev–Trinajstić information content (AvgIpc) is 3.04. The van der Waals surface area contributed by atoms with Gasteiger partial charge in [-0.2, -0.15) is 0 Å². The third kappa shape index (κ3) is 4.38. The van der Waals surface area contributed by atoms with Gasteiger partial charge in [-0.15, -0.1) is 0 Å². The van der Waals surface area contributed by atoms with Crippen LogP contribution in [-0.2, 0) is 14.0 Å². The van der Waals surface area contributed by atoms with Crippen molar-refractivity contribution in [3.8, 4) is 0 Å². The first kappa shape index (κ1) is 20.7. The number of furan rings is 1. The normalized spacial score (nSPS) is 22.0. The summed E-state index contributed by atoms with van der Waals surface area (Å²) < 4.78 is 17.2. The molecule has 0 radical (unpaired) electrons. The van der Waals surface area contributed by atoms with Crippen molar-refractivity contribution in [1.82, 2.24) is 4.90 Å². The molecule has 26 heavy (non-hydrogen) atoms. The molecule has 2 atom stereocenters. The van der Waals surface area contributed by atoms with Crippen molar-refractivity contribution in [3.05, 3.63) is 24.2 Å². The van der Waals surface area contributed by atoms with Crippen molar-refractivity contribution in [2.75, 3.05) is 0 Å². The molecular weight excluding hydrogens is 350 g/mol. The average molecular weight is 382 g/mol. The van der Waals surface area contributed by atoms with Gasteiger partial charge in [0.2, 0.25) is 0 Å². The summed E-state index contributed by atoms with van der Waals surface area (Å²) in [5, 5.41) is -0.0349. The van der Waals surface area contributed by atoms with E-state index in [-0.39, 0.29) is 10.9 Å². The van der Waals surface area contributed by atoms with Gasteiger partial charge in [0.1, 0.15) is 23.5 Å². The third-order valence-corrected chi connectivity index (χ3v) is 9.45. The maximum absolute atomic E-state index is 13.0. The molecular formula is C19H31NO5Si. The minimum atomic E-state index is -2.17. The van der Waals surface area contributed by atoms with E-state index in [4.69, 9.17) is 13.6 Å². The Bertz CT molecular complexity index is 654. The fourth-order valence-electron chi connectivity index (χ4n) is 2.60. The van der Waals surface area contributed by atoms with Crippen molar-refractivity contribution in [3.63, 3.8) is 0 Å². The summed E-state index contributed by atoms with van der Waals surface area (Å²) in [6, 6.07) is 3.00. The number of carbonyl (C=O) groups is 2. The van der Waals surface area contributed by atoms with Gasteiger partial charge in [0, 0.05) is 6.42 Å². The van der Waals surface area contributed by atoms with E-state index in [9.17, 15) is 9.59 Å². The fraction of sp³-hybridized carbons (Fsp3) is 0.684. The van der Waals surface area contributed by atoms with Crippen molar-refractivity contribution in [2.24, 2.45) is 0 Å². The van der Waals surface area contributed by atoms with Crippen LogP contribution in [0.15, 0.2) is 22.8 Å². The molecule has 0 bridgehead atoms. The van der Waals surface area contributed by atoms with Crippen molar-refractivity contribution in [1.29, 1.82) is 0 Å². The van der Waals surface area contributed by atoms with Crippen LogP contribution in [0.1, 0.15) is 59.8 Å². The predicted molar refractivity (Wildman–Crippen MR) is 101 cm³/mol. The van der Waals surface area contributed by atoms with E-state index in [1.54, 1.807) is 32.9 Å². The highest BCUT2D eigenvalue weighted by molar-refractivity contribution is 6.74. The highest BCUT2D eigenvalue weighted by atomic mass is 28.4. The summed E-state index contributed by atoms with van der Waals surface area (Å²) in [7, 11) is -2.17. The lowest BCUT2D eigenvalue weighted by Crippen LogP contribution is -2.47. The van der Waals surface area contributed by atoms with Crippen LogP contribution in [0, 0.1) is 0 Å². The van der Waals surface area contributed by atoms with Crippen LogP contribution in [0.3, 0.4) is 0 Å². The zero-order chi connectivity index (χ0) is 19.9. The van der Waals surface area contributed by atoms with E-state index < -0.39 is 32.2 Å². The van der Waals surface area contributed by atoms with Crippen LogP contribution in [0.4, 0.5) is 4.79 Å². The molecule has 2 amide bonds. The van der Waals surface area contributed by atoms with Gasteiger partial charge in [-0.3, -0.25) is 4.79 Å². The Morgan fingerprint density at radius 2 is 1.85 bits per heavy atom. The summed E-state index contributed by atoms with van der Waals surface area (Å²) in [6.07, 6.45) is 0.580. The minimum absolute atomic E-state index is 0.0349. The SMILES string of the molecule is CC(C)(C)OC(=O)N1C(=O)[C@H](O[Si](C)(C)C(C)(C)C)C[C@H]1c1ccco1. The minimum Gasteiger partial charge on any atom is -0.467 e. The Morgan fingerprint density at radius 1 is 1.23 bits per heavy atom. The van der Waals surface area contributed by atoms with E-state index in [0.29, 0.717) is 12.2 Å². The number of hydrogen-bond donors (Lipinski definition) is 0. The van der Waals surface area contributed by atoms with Crippen LogP contribution < -0.4 is 0 Å². The quantitative estimate of drug-likeness (QED) is 0.698. The van der Waals surface area contributed by atoms with Gasteiger partial charge in [0.15, 0.2) is 8.32 Å². The summed E-state index contributed by atoms with van der Waals surface area (Å²) in [5.74, 6) is 0.205. The van der Waals surface area contributed by atoms with E-state index >= 15 is 0 Å². The maximum Gasteiger partial charge on any atom is 0.417 e. The predicted octanol–water partition coefficient (Wildman–Crippen LogP) is 4.88. The molecule has 2 rings (SSSR count). The van der Waals surface area contributed by atoms with Crippen molar-refractivity contribution < 1.29 is 23.2 Å². The maximum atomic E-state index is 13.0. The van der Waals surface area contributed by atoms with Crippen molar-refractivity contribution >= 4 is 20.3 Å². The van der Waals surface area contributed by atoms with Crippen LogP contribution >= 0.6 is 0 Å². The number of ether oxygens (including phenoxy) is 1. The lowest BCUT2D eigenvalue weighted by atomic mass is 10.1. The van der Waals surface area contributed by atoms with Gasteiger partial charge in [0.05, 0.1) is 6.26 Å². The summed E-state index contributed by atoms with van der Waals surface area (Å²) in [5.41, 5.74) is -0.691. The van der Waals surface area contributed by atoms with Gasteiger partial charge in [0.25, 0.3) is 5.91 Å². The monoisotopic (exact) mass is 381 g/mol. The molecule has 1 aliphatic heterocycles. The van der Waals surface area contributed by atoms with Crippen LogP contribution in [0.5, 0.6) is 0 Å². The lowest BCUT2D eigenvalue weighted by Gasteiger charge is -2.37. The molecule has 0 spiro atoms. The molecule has 1 fully saturated rings. The number of carbonyl (C=O) groups excluding carboxylic acids is 2. The molecule has 0 aromatic carbocycles. The first-order valence-electron chi connectivity index (χ1n) is 9.00. The molecule has 1 aliphatic rings. The zero-order valence-corrected chi connectivity index (χ0v) is 18.1. The topological polar surface area (TPSA) is 69.0 Å². The lowest BCUT2D eigenvalue weighted by molar-refractivity contribution is -0.134. The van der Waals surface area contributed by atoms with Gasteiger partial charge >= 0.3 is 6.09 Å². The summed E-state index contributed by atoms with van der Waals surface area (Å²) in [6.45, 7) is 15.9. The Hall–Kier alpha value is -1.60. The standard InChI is InChI=1S/C19H31NO5Si/c1-18(2,3)24-17(22)20-13(14-10-9-11-23-14)12-15(16(20)21)25-26(7,8)19(4,5)6/h9-11,13,15H,12H2,1-8H3/t13-,15+/m0/s1. The highest BCUT2D eigenvalue weighted by Gasteiger charge is 2.50. The smallest absolute Gasteiger partial charge is 0.417 e. The molecule has 6 nitrogen and oxygen atoms in total. The largest absolute Gasteiger partial charge is 0.467 e. The molecule has 1 saturated heterocycles. The molecule has 1 aromatic heterocycles. The first-order valence-corrected chi connectivity index (χ1v) is 11.9. The molecule has 1 aromatic rings. The molecule has 0 unspecified atom stereocenters. The van der Waals surface area contributed by atoms with Crippen LogP contribution in [0.2, 0.25) is 18.1 Å². The second-order valence-electron chi connectivity index (χ2n) is 9.32. The molecule has 7 heteroatoms. The highest BCUT2D eigenvalue weighted by Crippen LogP contribution is 2.42. The third-order valence-electron chi connectivity index (χ3n) is 4.97. The number of amides is 2. The number of imide groups is 1. The van der Waals surface area contributed by atoms with E-state index in [2.05, 4.69) is 33.9 Å². The van der Waals surface area contributed by atoms with Gasteiger partial charge in [-0.1, -0.05) is 20.8 Å². The number of likely N-dealkylation sites (tertiary alicyclic amines) is 1. The molecule has 0 aliphatic carbocycles. The molecule has 0 N–H and O–H groups in total. The van der Waals surface area contributed by atoms with Crippen LogP contribution in [0.25, 0.3) is 0 Å². The zero-order valence-electron chi connectivity index (χ0n) is 17.1. The van der Waals surface area contributed by atoms with Crippen LogP contribution in [-0.4, -0.2) is 36.9 Å². The second-order valence-corrected chi connectivity index (χ2v) is 14.1.